The molecule has 0 atom stereocenters. The highest BCUT2D eigenvalue weighted by atomic mass is 15.3. The van der Waals surface area contributed by atoms with E-state index in [-0.39, 0.29) is 5.54 Å². The fourth-order valence-corrected chi connectivity index (χ4v) is 1.99. The van der Waals surface area contributed by atoms with Crippen LogP contribution in [-0.4, -0.2) is 29.0 Å². The van der Waals surface area contributed by atoms with Gasteiger partial charge in [0.25, 0.3) is 0 Å². The maximum Gasteiger partial charge on any atom is 0.191 e. The fourth-order valence-electron chi connectivity index (χ4n) is 1.99. The Morgan fingerprint density at radius 3 is 2.62 bits per heavy atom. The van der Waals surface area contributed by atoms with Crippen molar-refractivity contribution in [3.8, 4) is 0 Å². The molecule has 0 spiro atoms. The lowest BCUT2D eigenvalue weighted by atomic mass is 10.0. The van der Waals surface area contributed by atoms with Gasteiger partial charge in [0.05, 0.1) is 6.04 Å². The lowest BCUT2D eigenvalue weighted by Crippen LogP contribution is -2.46. The first-order valence-electron chi connectivity index (χ1n) is 5.20. The topological polar surface area (TPSA) is 41.6 Å². The largest absolute Gasteiger partial charge is 0.370 e. The minimum atomic E-state index is 0.225. The molecule has 0 bridgehead atoms. The van der Waals surface area contributed by atoms with Crippen LogP contribution in [0.25, 0.3) is 0 Å². The highest BCUT2D eigenvalue weighted by molar-refractivity contribution is 5.79. The number of guanidine groups is 1. The van der Waals surface area contributed by atoms with Crippen LogP contribution in [-0.2, 0) is 0 Å². The quantitative estimate of drug-likeness (QED) is 0.490. The second-order valence-corrected chi connectivity index (χ2v) is 4.79. The van der Waals surface area contributed by atoms with E-state index in [0.29, 0.717) is 6.04 Å². The normalized spacial score (nSPS) is 28.2. The summed E-state index contributed by atoms with van der Waals surface area (Å²) in [5.74, 6) is 0.769. The van der Waals surface area contributed by atoms with Crippen molar-refractivity contribution in [1.82, 2.24) is 4.90 Å². The SMILES string of the molecule is CC1(C)CCCN1C(N)=NC1CC1. The number of aliphatic imine (C=N–C) groups is 1. The molecule has 2 N–H and O–H groups in total. The molecular formula is C10H19N3. The van der Waals surface area contributed by atoms with E-state index in [1.165, 1.54) is 25.7 Å². The molecule has 13 heavy (non-hydrogen) atoms. The summed E-state index contributed by atoms with van der Waals surface area (Å²) in [6.45, 7) is 5.57. The number of likely N-dealkylation sites (tertiary alicyclic amines) is 1. The van der Waals surface area contributed by atoms with Crippen molar-refractivity contribution in [2.45, 2.75) is 51.1 Å². The summed E-state index contributed by atoms with van der Waals surface area (Å²) in [4.78, 5) is 6.74. The zero-order valence-corrected chi connectivity index (χ0v) is 8.58. The Balaban J connectivity index is 2.06. The molecule has 0 aromatic carbocycles. The summed E-state index contributed by atoms with van der Waals surface area (Å²) in [5.41, 5.74) is 6.20. The predicted molar refractivity (Wildman–Crippen MR) is 54.7 cm³/mol. The van der Waals surface area contributed by atoms with Gasteiger partial charge in [-0.2, -0.15) is 0 Å². The van der Waals surface area contributed by atoms with Crippen molar-refractivity contribution in [1.29, 1.82) is 0 Å². The third-order valence-corrected chi connectivity index (χ3v) is 3.04. The average molecular weight is 181 g/mol. The average Bonchev–Trinajstić information content (AvgIpc) is 2.75. The van der Waals surface area contributed by atoms with Crippen LogP contribution in [0.1, 0.15) is 39.5 Å². The third kappa shape index (κ3) is 1.79. The van der Waals surface area contributed by atoms with Gasteiger partial charge in [-0.25, -0.2) is 4.99 Å². The zero-order chi connectivity index (χ0) is 9.47. The monoisotopic (exact) mass is 181 g/mol. The molecule has 0 aromatic rings. The molecule has 1 saturated carbocycles. The van der Waals surface area contributed by atoms with Gasteiger partial charge in [0.2, 0.25) is 0 Å². The van der Waals surface area contributed by atoms with Crippen LogP contribution in [0.4, 0.5) is 0 Å². The van der Waals surface area contributed by atoms with Gasteiger partial charge in [0.15, 0.2) is 5.96 Å². The van der Waals surface area contributed by atoms with Crippen molar-refractivity contribution in [2.75, 3.05) is 6.54 Å². The number of hydrogen-bond acceptors (Lipinski definition) is 1. The van der Waals surface area contributed by atoms with Crippen molar-refractivity contribution >= 4 is 5.96 Å². The molecule has 1 heterocycles. The first kappa shape index (κ1) is 8.85. The first-order valence-corrected chi connectivity index (χ1v) is 5.20. The fraction of sp³-hybridized carbons (Fsp3) is 0.900. The van der Waals surface area contributed by atoms with Gasteiger partial charge in [-0.05, 0) is 39.5 Å². The molecule has 3 nitrogen and oxygen atoms in total. The molecule has 0 aromatic heterocycles. The number of nitrogens with two attached hydrogens (primary N) is 1. The molecule has 1 aliphatic heterocycles. The van der Waals surface area contributed by atoms with Crippen LogP contribution in [0.5, 0.6) is 0 Å². The zero-order valence-electron chi connectivity index (χ0n) is 8.58. The third-order valence-electron chi connectivity index (χ3n) is 3.04. The Kier molecular flexibility index (Phi) is 1.97. The van der Waals surface area contributed by atoms with Crippen molar-refractivity contribution in [3.63, 3.8) is 0 Å². The van der Waals surface area contributed by atoms with Gasteiger partial charge >= 0.3 is 0 Å². The van der Waals surface area contributed by atoms with E-state index in [4.69, 9.17) is 5.73 Å². The Morgan fingerprint density at radius 1 is 1.46 bits per heavy atom. The standard InChI is InChI=1S/C10H19N3/c1-10(2)6-3-7-13(10)9(11)12-8-4-5-8/h8H,3-7H2,1-2H3,(H2,11,12). The van der Waals surface area contributed by atoms with Gasteiger partial charge in [-0.3, -0.25) is 0 Å². The van der Waals surface area contributed by atoms with Crippen molar-refractivity contribution in [2.24, 2.45) is 10.7 Å². The number of nitrogens with zero attached hydrogens (tertiary/aromatic N) is 2. The maximum atomic E-state index is 5.97. The molecule has 74 valence electrons. The van der Waals surface area contributed by atoms with E-state index in [2.05, 4.69) is 23.7 Å². The van der Waals surface area contributed by atoms with Gasteiger partial charge < -0.3 is 10.6 Å². The molecule has 0 radical (unpaired) electrons. The Morgan fingerprint density at radius 2 is 2.15 bits per heavy atom. The molecule has 0 amide bonds. The number of hydrogen-bond donors (Lipinski definition) is 1. The van der Waals surface area contributed by atoms with E-state index < -0.39 is 0 Å². The smallest absolute Gasteiger partial charge is 0.191 e. The van der Waals surface area contributed by atoms with Gasteiger partial charge in [0.1, 0.15) is 0 Å². The summed E-state index contributed by atoms with van der Waals surface area (Å²) in [7, 11) is 0. The molecule has 2 rings (SSSR count). The van der Waals surface area contributed by atoms with E-state index in [0.717, 1.165) is 12.5 Å². The summed E-state index contributed by atoms with van der Waals surface area (Å²) >= 11 is 0. The minimum Gasteiger partial charge on any atom is -0.370 e. The van der Waals surface area contributed by atoms with Crippen LogP contribution in [0.3, 0.4) is 0 Å². The molecule has 3 heteroatoms. The molecule has 1 aliphatic carbocycles. The summed E-state index contributed by atoms with van der Waals surface area (Å²) < 4.78 is 0. The van der Waals surface area contributed by atoms with Crippen molar-refractivity contribution < 1.29 is 0 Å². The predicted octanol–water partition coefficient (Wildman–Crippen LogP) is 1.34. The van der Waals surface area contributed by atoms with E-state index in [1.54, 1.807) is 0 Å². The van der Waals surface area contributed by atoms with Crippen LogP contribution in [0.15, 0.2) is 4.99 Å². The van der Waals surface area contributed by atoms with Crippen LogP contribution >= 0.6 is 0 Å². The highest BCUT2D eigenvalue weighted by Gasteiger charge is 2.34. The summed E-state index contributed by atoms with van der Waals surface area (Å²) in [6, 6.07) is 0.538. The lowest BCUT2D eigenvalue weighted by molar-refractivity contribution is 0.278. The second kappa shape index (κ2) is 2.89. The molecule has 2 aliphatic rings. The van der Waals surface area contributed by atoms with Crippen LogP contribution in [0.2, 0.25) is 0 Å². The van der Waals surface area contributed by atoms with Crippen LogP contribution < -0.4 is 5.73 Å². The minimum absolute atomic E-state index is 0.225. The van der Waals surface area contributed by atoms with E-state index in [1.807, 2.05) is 0 Å². The van der Waals surface area contributed by atoms with E-state index >= 15 is 0 Å². The number of rotatable bonds is 1. The van der Waals surface area contributed by atoms with Gasteiger partial charge in [-0.15, -0.1) is 0 Å². The van der Waals surface area contributed by atoms with Gasteiger partial charge in [-0.1, -0.05) is 0 Å². The van der Waals surface area contributed by atoms with Gasteiger partial charge in [0, 0.05) is 12.1 Å². The molecule has 0 unspecified atom stereocenters. The van der Waals surface area contributed by atoms with Crippen LogP contribution in [0, 0.1) is 0 Å². The Bertz CT molecular complexity index is 228. The summed E-state index contributed by atoms with van der Waals surface area (Å²) in [6.07, 6.45) is 4.94. The maximum absolute atomic E-state index is 5.97. The molecular weight excluding hydrogens is 162 g/mol. The molecule has 2 fully saturated rings. The Labute approximate surface area is 80.0 Å². The second-order valence-electron chi connectivity index (χ2n) is 4.79. The summed E-state index contributed by atoms with van der Waals surface area (Å²) in [5, 5.41) is 0. The van der Waals surface area contributed by atoms with Crippen molar-refractivity contribution in [3.05, 3.63) is 0 Å². The van der Waals surface area contributed by atoms with E-state index in [9.17, 15) is 0 Å². The molecule has 1 saturated heterocycles. The lowest BCUT2D eigenvalue weighted by Gasteiger charge is -2.32. The Hall–Kier alpha value is -0.730. The first-order chi connectivity index (χ1) is 6.09. The highest BCUT2D eigenvalue weighted by Crippen LogP contribution is 2.29.